The lowest BCUT2D eigenvalue weighted by molar-refractivity contribution is -0.126. The minimum Gasteiger partial charge on any atom is -0.379 e. The van der Waals surface area contributed by atoms with Gasteiger partial charge in [-0.25, -0.2) is 12.8 Å². The van der Waals surface area contributed by atoms with Crippen molar-refractivity contribution in [3.63, 3.8) is 0 Å². The number of nitrogens with zero attached hydrogens (tertiary/aromatic N) is 1. The number of halogens is 1. The van der Waals surface area contributed by atoms with Crippen LogP contribution in [0.15, 0.2) is 23.1 Å². The molecule has 2 N–H and O–H groups in total. The molecule has 0 bridgehead atoms. The van der Waals surface area contributed by atoms with Crippen LogP contribution < -0.4 is 10.9 Å². The average molecular weight is 413 g/mol. The monoisotopic (exact) mass is 413 g/mol. The highest BCUT2D eigenvalue weighted by Gasteiger charge is 2.30. The number of carbonyl (C=O) groups is 2. The third kappa shape index (κ3) is 4.68. The number of nitrogens with one attached hydrogen (secondary N) is 2. The summed E-state index contributed by atoms with van der Waals surface area (Å²) >= 11 is 0. The minimum atomic E-state index is -4.09. The van der Waals surface area contributed by atoms with Gasteiger partial charge >= 0.3 is 0 Å². The molecular formula is C18H24FN3O5S. The van der Waals surface area contributed by atoms with Crippen molar-refractivity contribution >= 4 is 21.8 Å². The summed E-state index contributed by atoms with van der Waals surface area (Å²) < 4.78 is 45.8. The number of ether oxygens (including phenoxy) is 1. The standard InChI is InChI=1S/C18H24FN3O5S/c19-15-7-6-14(12-16(15)28(25,26)22-8-10-27-11-9-22)18(24)21-20-17(23)13-4-2-1-3-5-13/h6-7,12-13H,1-5,8-11H2,(H,20,23)(H,21,24). The summed E-state index contributed by atoms with van der Waals surface area (Å²) in [4.78, 5) is 23.9. The van der Waals surface area contributed by atoms with E-state index >= 15 is 0 Å². The van der Waals surface area contributed by atoms with Crippen LogP contribution in [-0.2, 0) is 19.6 Å². The van der Waals surface area contributed by atoms with E-state index in [9.17, 15) is 22.4 Å². The van der Waals surface area contributed by atoms with E-state index in [0.717, 1.165) is 48.5 Å². The predicted molar refractivity (Wildman–Crippen MR) is 98.2 cm³/mol. The highest BCUT2D eigenvalue weighted by Crippen LogP contribution is 2.24. The summed E-state index contributed by atoms with van der Waals surface area (Å²) in [7, 11) is -4.09. The van der Waals surface area contributed by atoms with Crippen molar-refractivity contribution in [1.82, 2.24) is 15.2 Å². The lowest BCUT2D eigenvalue weighted by Gasteiger charge is -2.26. The van der Waals surface area contributed by atoms with E-state index in [1.807, 2.05) is 0 Å². The number of hydrogen-bond donors (Lipinski definition) is 2. The Labute approximate surface area is 163 Å². The van der Waals surface area contributed by atoms with Crippen molar-refractivity contribution in [2.24, 2.45) is 5.92 Å². The lowest BCUT2D eigenvalue weighted by Crippen LogP contribution is -2.45. The Balaban J connectivity index is 1.69. The Morgan fingerprint density at radius 1 is 1.07 bits per heavy atom. The van der Waals surface area contributed by atoms with Gasteiger partial charge < -0.3 is 4.74 Å². The first-order chi connectivity index (χ1) is 13.4. The number of rotatable bonds is 4. The molecule has 3 rings (SSSR count). The first kappa shape index (κ1) is 20.7. The third-order valence-corrected chi connectivity index (χ3v) is 6.97. The molecule has 2 aliphatic rings. The number of amides is 2. The van der Waals surface area contributed by atoms with E-state index in [4.69, 9.17) is 4.74 Å². The summed E-state index contributed by atoms with van der Waals surface area (Å²) in [6, 6.07) is 3.10. The van der Waals surface area contributed by atoms with Crippen molar-refractivity contribution in [3.8, 4) is 0 Å². The number of morpholine rings is 1. The van der Waals surface area contributed by atoms with E-state index < -0.39 is 26.6 Å². The molecule has 2 amide bonds. The van der Waals surface area contributed by atoms with E-state index in [0.29, 0.717) is 0 Å². The van der Waals surface area contributed by atoms with Gasteiger partial charge in [-0.15, -0.1) is 0 Å². The van der Waals surface area contributed by atoms with Gasteiger partial charge in [0.25, 0.3) is 5.91 Å². The molecular weight excluding hydrogens is 389 g/mol. The maximum atomic E-state index is 14.2. The second-order valence-corrected chi connectivity index (χ2v) is 8.85. The highest BCUT2D eigenvalue weighted by molar-refractivity contribution is 7.89. The van der Waals surface area contributed by atoms with Gasteiger partial charge in [-0.05, 0) is 31.0 Å². The van der Waals surface area contributed by atoms with E-state index in [1.54, 1.807) is 0 Å². The van der Waals surface area contributed by atoms with Crippen LogP contribution in [0.25, 0.3) is 0 Å². The Morgan fingerprint density at radius 2 is 1.75 bits per heavy atom. The Kier molecular flexibility index (Phi) is 6.63. The fourth-order valence-electron chi connectivity index (χ4n) is 3.43. The maximum absolute atomic E-state index is 14.2. The van der Waals surface area contributed by atoms with Gasteiger partial charge in [0, 0.05) is 24.6 Å². The Bertz CT molecular complexity index is 834. The van der Waals surface area contributed by atoms with Crippen molar-refractivity contribution in [2.45, 2.75) is 37.0 Å². The smallest absolute Gasteiger partial charge is 0.269 e. The molecule has 1 aromatic carbocycles. The van der Waals surface area contributed by atoms with Crippen LogP contribution in [0.1, 0.15) is 42.5 Å². The Morgan fingerprint density at radius 3 is 2.43 bits per heavy atom. The molecule has 10 heteroatoms. The van der Waals surface area contributed by atoms with Crippen molar-refractivity contribution in [2.75, 3.05) is 26.3 Å². The molecule has 2 fully saturated rings. The molecule has 1 aliphatic heterocycles. The molecule has 1 saturated heterocycles. The van der Waals surface area contributed by atoms with Crippen molar-refractivity contribution in [1.29, 1.82) is 0 Å². The second kappa shape index (κ2) is 8.97. The topological polar surface area (TPSA) is 105 Å². The number of hydrazine groups is 1. The van der Waals surface area contributed by atoms with Crippen LogP contribution in [0.2, 0.25) is 0 Å². The van der Waals surface area contributed by atoms with E-state index in [2.05, 4.69) is 10.9 Å². The third-order valence-electron chi connectivity index (χ3n) is 5.06. The summed E-state index contributed by atoms with van der Waals surface area (Å²) in [5, 5.41) is 0. The van der Waals surface area contributed by atoms with Crippen molar-refractivity contribution < 1.29 is 27.1 Å². The Hall–Kier alpha value is -2.04. The minimum absolute atomic E-state index is 0.0582. The quantitative estimate of drug-likeness (QED) is 0.722. The van der Waals surface area contributed by atoms with Crippen LogP contribution in [0.4, 0.5) is 4.39 Å². The van der Waals surface area contributed by atoms with E-state index in [-0.39, 0.29) is 43.7 Å². The maximum Gasteiger partial charge on any atom is 0.269 e. The number of hydrogen-bond acceptors (Lipinski definition) is 5. The van der Waals surface area contributed by atoms with Crippen molar-refractivity contribution in [3.05, 3.63) is 29.6 Å². The first-order valence-electron chi connectivity index (χ1n) is 9.37. The van der Waals surface area contributed by atoms with Gasteiger partial charge in [-0.2, -0.15) is 4.31 Å². The fraction of sp³-hybridized carbons (Fsp3) is 0.556. The molecule has 0 unspecified atom stereocenters. The SMILES string of the molecule is O=C(NNC(=O)C1CCCCC1)c1ccc(F)c(S(=O)(=O)N2CCOCC2)c1. The molecule has 0 spiro atoms. The molecule has 1 heterocycles. The van der Waals surface area contributed by atoms with Crippen LogP contribution in [0.5, 0.6) is 0 Å². The predicted octanol–water partition coefficient (Wildman–Crippen LogP) is 1.19. The number of sulfonamides is 1. The first-order valence-corrected chi connectivity index (χ1v) is 10.8. The summed E-state index contributed by atoms with van der Waals surface area (Å²) in [6.07, 6.45) is 4.62. The molecule has 1 saturated carbocycles. The normalized spacial score (nSPS) is 19.2. The number of carbonyl (C=O) groups excluding carboxylic acids is 2. The zero-order valence-corrected chi connectivity index (χ0v) is 16.3. The molecule has 1 aliphatic carbocycles. The molecule has 1 aromatic rings. The average Bonchev–Trinajstić information content (AvgIpc) is 2.73. The van der Waals surface area contributed by atoms with Crippen LogP contribution >= 0.6 is 0 Å². The largest absolute Gasteiger partial charge is 0.379 e. The molecule has 0 atom stereocenters. The second-order valence-electron chi connectivity index (χ2n) is 6.94. The summed E-state index contributed by atoms with van der Waals surface area (Å²) in [6.45, 7) is 0.702. The van der Waals surface area contributed by atoms with Crippen LogP contribution in [-0.4, -0.2) is 50.8 Å². The van der Waals surface area contributed by atoms with Gasteiger partial charge in [0.15, 0.2) is 0 Å². The molecule has 8 nitrogen and oxygen atoms in total. The number of benzene rings is 1. The molecule has 0 radical (unpaired) electrons. The van der Waals surface area contributed by atoms with Gasteiger partial charge in [0.05, 0.1) is 13.2 Å². The van der Waals surface area contributed by atoms with Gasteiger partial charge in [0.2, 0.25) is 15.9 Å². The van der Waals surface area contributed by atoms with Gasteiger partial charge in [-0.1, -0.05) is 19.3 Å². The lowest BCUT2D eigenvalue weighted by atomic mass is 9.89. The van der Waals surface area contributed by atoms with Gasteiger partial charge in [-0.3, -0.25) is 20.4 Å². The van der Waals surface area contributed by atoms with Crippen LogP contribution in [0.3, 0.4) is 0 Å². The summed E-state index contributed by atoms with van der Waals surface area (Å²) in [5.41, 5.74) is 4.60. The molecule has 154 valence electrons. The molecule has 28 heavy (non-hydrogen) atoms. The fourth-order valence-corrected chi connectivity index (χ4v) is 4.92. The zero-order valence-electron chi connectivity index (χ0n) is 15.4. The zero-order chi connectivity index (χ0) is 20.1. The van der Waals surface area contributed by atoms with E-state index in [1.165, 1.54) is 6.07 Å². The van der Waals surface area contributed by atoms with Gasteiger partial charge in [0.1, 0.15) is 10.7 Å². The highest BCUT2D eigenvalue weighted by atomic mass is 32.2. The molecule has 0 aromatic heterocycles. The summed E-state index contributed by atoms with van der Waals surface area (Å²) in [5.74, 6) is -2.05. The van der Waals surface area contributed by atoms with Crippen LogP contribution in [0, 0.1) is 11.7 Å².